The fourth-order valence-electron chi connectivity index (χ4n) is 2.00. The van der Waals surface area contributed by atoms with Gasteiger partial charge in [-0.1, -0.05) is 40.2 Å². The third-order valence-electron chi connectivity index (χ3n) is 2.68. The zero-order valence-electron chi connectivity index (χ0n) is 7.83. The van der Waals surface area contributed by atoms with E-state index < -0.39 is 0 Å². The van der Waals surface area contributed by atoms with Crippen molar-refractivity contribution in [3.8, 4) is 0 Å². The Hall–Kier alpha value is -1.41. The third-order valence-corrected chi connectivity index (χ3v) is 3.35. The van der Waals surface area contributed by atoms with Crippen LogP contribution in [0.4, 0.5) is 0 Å². The lowest BCUT2D eigenvalue weighted by atomic mass is 9.96. The van der Waals surface area contributed by atoms with E-state index >= 15 is 0 Å². The Labute approximate surface area is 95.9 Å². The molecular weight excluding hydrogens is 252 g/mol. The van der Waals surface area contributed by atoms with E-state index in [0.29, 0.717) is 0 Å². The molecule has 0 N–H and O–H groups in total. The Morgan fingerprint density at radius 3 is 2.73 bits per heavy atom. The Kier molecular flexibility index (Phi) is 1.80. The molecule has 2 heteroatoms. The minimum absolute atomic E-state index is 0.0874. The topological polar surface area (TPSA) is 17.1 Å². The molecule has 0 amide bonds. The monoisotopic (exact) mass is 258 g/mol. The van der Waals surface area contributed by atoms with E-state index in [2.05, 4.69) is 15.9 Å². The smallest absolute Gasteiger partial charge is 0.186 e. The minimum atomic E-state index is 0.0874. The highest BCUT2D eigenvalue weighted by atomic mass is 79.9. The lowest BCUT2D eigenvalue weighted by Gasteiger charge is -2.10. The maximum absolute atomic E-state index is 11.7. The van der Waals surface area contributed by atoms with E-state index in [-0.39, 0.29) is 5.78 Å². The summed E-state index contributed by atoms with van der Waals surface area (Å²) in [5, 5.41) is 0. The van der Waals surface area contributed by atoms with Crippen LogP contribution in [0.5, 0.6) is 0 Å². The SMILES string of the molecule is O=C1C=CC(Br)=C2C1=Cc1ccccc12. The van der Waals surface area contributed by atoms with Gasteiger partial charge in [0.1, 0.15) is 0 Å². The Morgan fingerprint density at radius 1 is 1.07 bits per heavy atom. The standard InChI is InChI=1S/C13H7BrO/c14-11-5-6-12(15)10-7-8-3-1-2-4-9(8)13(10)11/h1-7H. The molecule has 1 aromatic carbocycles. The summed E-state index contributed by atoms with van der Waals surface area (Å²) < 4.78 is 0.985. The van der Waals surface area contributed by atoms with Gasteiger partial charge in [-0.25, -0.2) is 0 Å². The van der Waals surface area contributed by atoms with E-state index in [9.17, 15) is 4.79 Å². The minimum Gasteiger partial charge on any atom is -0.289 e. The summed E-state index contributed by atoms with van der Waals surface area (Å²) in [5.74, 6) is 0.0874. The average Bonchev–Trinajstić information content (AvgIpc) is 2.64. The van der Waals surface area contributed by atoms with Gasteiger partial charge in [0.25, 0.3) is 0 Å². The molecule has 0 aromatic heterocycles. The van der Waals surface area contributed by atoms with Crippen molar-refractivity contribution in [3.05, 3.63) is 57.6 Å². The van der Waals surface area contributed by atoms with Crippen LogP contribution in [-0.2, 0) is 4.79 Å². The van der Waals surface area contributed by atoms with Gasteiger partial charge in [0.2, 0.25) is 0 Å². The summed E-state index contributed by atoms with van der Waals surface area (Å²) in [6, 6.07) is 8.05. The molecule has 3 rings (SSSR count). The van der Waals surface area contributed by atoms with Gasteiger partial charge in [0.15, 0.2) is 5.78 Å². The second-order valence-electron chi connectivity index (χ2n) is 3.57. The van der Waals surface area contributed by atoms with Gasteiger partial charge in [0, 0.05) is 15.6 Å². The lowest BCUT2D eigenvalue weighted by molar-refractivity contribution is -0.110. The molecule has 0 saturated heterocycles. The summed E-state index contributed by atoms with van der Waals surface area (Å²) >= 11 is 3.49. The highest BCUT2D eigenvalue weighted by molar-refractivity contribution is 9.12. The molecule has 0 atom stereocenters. The van der Waals surface area contributed by atoms with Gasteiger partial charge in [-0.05, 0) is 29.4 Å². The number of ketones is 1. The van der Waals surface area contributed by atoms with Crippen LogP contribution in [0.15, 0.2) is 46.5 Å². The van der Waals surface area contributed by atoms with E-state index in [1.807, 2.05) is 36.4 Å². The van der Waals surface area contributed by atoms with Crippen LogP contribution in [0.2, 0.25) is 0 Å². The first-order valence-electron chi connectivity index (χ1n) is 4.71. The molecule has 0 radical (unpaired) electrons. The van der Waals surface area contributed by atoms with Crippen LogP contribution in [-0.4, -0.2) is 5.78 Å². The van der Waals surface area contributed by atoms with Gasteiger partial charge < -0.3 is 0 Å². The number of carbonyl (C=O) groups excluding carboxylic acids is 1. The number of carbonyl (C=O) groups is 1. The zero-order valence-corrected chi connectivity index (χ0v) is 9.41. The van der Waals surface area contributed by atoms with Crippen molar-refractivity contribution < 1.29 is 4.79 Å². The van der Waals surface area contributed by atoms with E-state index in [0.717, 1.165) is 26.8 Å². The predicted molar refractivity (Wildman–Crippen MR) is 64.4 cm³/mol. The lowest BCUT2D eigenvalue weighted by Crippen LogP contribution is -2.02. The molecule has 0 aliphatic heterocycles. The first-order chi connectivity index (χ1) is 7.27. The summed E-state index contributed by atoms with van der Waals surface area (Å²) in [6.45, 7) is 0. The summed E-state index contributed by atoms with van der Waals surface area (Å²) in [4.78, 5) is 11.7. The van der Waals surface area contributed by atoms with Crippen molar-refractivity contribution >= 4 is 33.4 Å². The Balaban J connectivity index is 2.34. The average molecular weight is 259 g/mol. The number of fused-ring (bicyclic) bond motifs is 3. The fraction of sp³-hybridized carbons (Fsp3) is 0. The van der Waals surface area contributed by atoms with Crippen molar-refractivity contribution in [2.24, 2.45) is 0 Å². The maximum Gasteiger partial charge on any atom is 0.186 e. The van der Waals surface area contributed by atoms with Gasteiger partial charge in [0.05, 0.1) is 0 Å². The molecule has 15 heavy (non-hydrogen) atoms. The molecule has 2 aliphatic rings. The van der Waals surface area contributed by atoms with Crippen molar-refractivity contribution in [2.45, 2.75) is 0 Å². The predicted octanol–water partition coefficient (Wildman–Crippen LogP) is 3.33. The van der Waals surface area contributed by atoms with Crippen LogP contribution in [0.25, 0.3) is 11.6 Å². The van der Waals surface area contributed by atoms with Gasteiger partial charge in [-0.3, -0.25) is 4.79 Å². The van der Waals surface area contributed by atoms with Crippen molar-refractivity contribution in [1.29, 1.82) is 0 Å². The highest BCUT2D eigenvalue weighted by Gasteiger charge is 2.26. The van der Waals surface area contributed by atoms with Crippen LogP contribution in [0, 0.1) is 0 Å². The fourth-order valence-corrected chi connectivity index (χ4v) is 2.56. The zero-order chi connectivity index (χ0) is 10.4. The van der Waals surface area contributed by atoms with Gasteiger partial charge >= 0.3 is 0 Å². The largest absolute Gasteiger partial charge is 0.289 e. The second kappa shape index (κ2) is 3.04. The van der Waals surface area contributed by atoms with Crippen LogP contribution >= 0.6 is 15.9 Å². The first kappa shape index (κ1) is 8.86. The molecule has 2 aliphatic carbocycles. The second-order valence-corrected chi connectivity index (χ2v) is 4.42. The molecule has 0 fully saturated rings. The Morgan fingerprint density at radius 2 is 1.87 bits per heavy atom. The summed E-state index contributed by atoms with van der Waals surface area (Å²) in [5.41, 5.74) is 4.08. The van der Waals surface area contributed by atoms with E-state index in [1.54, 1.807) is 6.08 Å². The molecule has 72 valence electrons. The third kappa shape index (κ3) is 1.18. The van der Waals surface area contributed by atoms with Crippen molar-refractivity contribution in [3.63, 3.8) is 0 Å². The maximum atomic E-state index is 11.7. The van der Waals surface area contributed by atoms with E-state index in [4.69, 9.17) is 0 Å². The molecule has 1 nitrogen and oxygen atoms in total. The summed E-state index contributed by atoms with van der Waals surface area (Å²) in [6.07, 6.45) is 5.38. The number of hydrogen-bond donors (Lipinski definition) is 0. The number of rotatable bonds is 0. The van der Waals surface area contributed by atoms with Crippen LogP contribution < -0.4 is 0 Å². The number of benzene rings is 1. The highest BCUT2D eigenvalue weighted by Crippen LogP contribution is 2.41. The Bertz CT molecular complexity index is 562. The quantitative estimate of drug-likeness (QED) is 0.698. The molecule has 0 spiro atoms. The van der Waals surface area contributed by atoms with Crippen molar-refractivity contribution in [1.82, 2.24) is 0 Å². The molecule has 0 heterocycles. The molecular formula is C13H7BrO. The molecule has 1 aromatic rings. The van der Waals surface area contributed by atoms with Crippen LogP contribution in [0.1, 0.15) is 11.1 Å². The summed E-state index contributed by atoms with van der Waals surface area (Å²) in [7, 11) is 0. The number of hydrogen-bond acceptors (Lipinski definition) is 1. The first-order valence-corrected chi connectivity index (χ1v) is 5.50. The number of allylic oxidation sites excluding steroid dienone is 5. The van der Waals surface area contributed by atoms with E-state index in [1.165, 1.54) is 0 Å². The molecule has 0 saturated carbocycles. The van der Waals surface area contributed by atoms with Gasteiger partial charge in [-0.15, -0.1) is 0 Å². The normalized spacial score (nSPS) is 17.7. The van der Waals surface area contributed by atoms with Gasteiger partial charge in [-0.2, -0.15) is 0 Å². The number of halogens is 1. The van der Waals surface area contributed by atoms with Crippen molar-refractivity contribution in [2.75, 3.05) is 0 Å². The molecule has 0 unspecified atom stereocenters. The molecule has 0 bridgehead atoms. The van der Waals surface area contributed by atoms with Crippen LogP contribution in [0.3, 0.4) is 0 Å².